The second-order valence-electron chi connectivity index (χ2n) is 27.1. The third-order valence-corrected chi connectivity index (χ3v) is 20.6. The molecule has 0 bridgehead atoms. The van der Waals surface area contributed by atoms with E-state index in [1.165, 1.54) is 32.7 Å². The van der Waals surface area contributed by atoms with Gasteiger partial charge in [-0.3, -0.25) is 0 Å². The smallest absolute Gasteiger partial charge is 0.160 e. The highest BCUT2D eigenvalue weighted by Crippen LogP contribution is 2.47. The summed E-state index contributed by atoms with van der Waals surface area (Å²) in [5.74, 6) is 1.36. The third kappa shape index (κ3) is 11.5. The summed E-state index contributed by atoms with van der Waals surface area (Å²) < 4.78 is 13.5. The number of fused-ring (bicyclic) bond motifs is 12. The van der Waals surface area contributed by atoms with Gasteiger partial charge in [0.05, 0.1) is 66.7 Å². The number of rotatable bonds is 11. The van der Waals surface area contributed by atoms with Crippen molar-refractivity contribution in [1.29, 1.82) is 0 Å². The van der Waals surface area contributed by atoms with Crippen LogP contribution in [-0.2, 0) is 0 Å². The van der Waals surface area contributed by atoms with E-state index in [9.17, 15) is 0 Å². The fourth-order valence-electron chi connectivity index (χ4n) is 15.4. The number of pyridine rings is 2. The molecule has 0 spiro atoms. The number of hydrogen-bond donors (Lipinski definition) is 0. The van der Waals surface area contributed by atoms with E-state index in [2.05, 4.69) is 291 Å². The van der Waals surface area contributed by atoms with Gasteiger partial charge >= 0.3 is 0 Å². The molecule has 8 heteroatoms. The van der Waals surface area contributed by atoms with Gasteiger partial charge in [0.1, 0.15) is 22.3 Å². The molecule has 0 N–H and O–H groups in total. The molecule has 0 radical (unpaired) electrons. The molecule has 504 valence electrons. The average Bonchev–Trinajstić information content (AvgIpc) is 1.53. The van der Waals surface area contributed by atoms with Gasteiger partial charge in [0, 0.05) is 55.3 Å². The summed E-state index contributed by atoms with van der Waals surface area (Å²) in [6, 6.07) is 130. The minimum Gasteiger partial charge on any atom is -0.455 e. The molecule has 108 heavy (non-hydrogen) atoms. The zero-order valence-corrected chi connectivity index (χ0v) is 58.3. The quantitative estimate of drug-likeness (QED) is 0.126. The van der Waals surface area contributed by atoms with Crippen LogP contribution in [0.3, 0.4) is 0 Å². The minimum atomic E-state index is 0.662. The van der Waals surface area contributed by atoms with Crippen LogP contribution in [0, 0.1) is 0 Å². The number of benzene rings is 15. The van der Waals surface area contributed by atoms with Gasteiger partial charge in [0.15, 0.2) is 11.6 Å². The maximum absolute atomic E-state index is 6.78. The molecule has 0 saturated heterocycles. The van der Waals surface area contributed by atoms with E-state index in [4.69, 9.17) is 38.7 Å². The number of para-hydroxylation sites is 2. The fourth-order valence-corrected chi connectivity index (χ4v) is 15.4. The Morgan fingerprint density at radius 1 is 0.185 bits per heavy atom. The van der Waals surface area contributed by atoms with Crippen LogP contribution >= 0.6 is 0 Å². The van der Waals surface area contributed by atoms with E-state index in [-0.39, 0.29) is 0 Å². The van der Waals surface area contributed by atoms with Crippen LogP contribution in [0.25, 0.3) is 211 Å². The zero-order chi connectivity index (χ0) is 71.4. The van der Waals surface area contributed by atoms with Gasteiger partial charge < -0.3 is 8.83 Å². The minimum absolute atomic E-state index is 0.662. The van der Waals surface area contributed by atoms with Crippen LogP contribution < -0.4 is 0 Å². The summed E-state index contributed by atoms with van der Waals surface area (Å²) in [4.78, 5) is 31.1. The lowest BCUT2D eigenvalue weighted by atomic mass is 9.93. The van der Waals surface area contributed by atoms with Crippen LogP contribution in [0.1, 0.15) is 0 Å². The Hall–Kier alpha value is -14.6. The predicted molar refractivity (Wildman–Crippen MR) is 444 cm³/mol. The van der Waals surface area contributed by atoms with Crippen molar-refractivity contribution < 1.29 is 8.83 Å². The van der Waals surface area contributed by atoms with Gasteiger partial charge in [-0.05, 0) is 91.3 Å². The van der Waals surface area contributed by atoms with Crippen molar-refractivity contribution in [2.75, 3.05) is 0 Å². The van der Waals surface area contributed by atoms with Crippen LogP contribution in [0.2, 0.25) is 0 Å². The van der Waals surface area contributed by atoms with Crippen molar-refractivity contribution in [3.8, 4) is 124 Å². The van der Waals surface area contributed by atoms with Crippen LogP contribution in [0.5, 0.6) is 0 Å². The third-order valence-electron chi connectivity index (χ3n) is 20.6. The number of aromatic nitrogens is 6. The second-order valence-corrected chi connectivity index (χ2v) is 27.1. The van der Waals surface area contributed by atoms with Gasteiger partial charge in [-0.15, -0.1) is 0 Å². The summed E-state index contributed by atoms with van der Waals surface area (Å²) in [5.41, 5.74) is 25.3. The summed E-state index contributed by atoms with van der Waals surface area (Å²) in [6.07, 6.45) is 0. The average molecular weight is 1380 g/mol. The van der Waals surface area contributed by atoms with E-state index >= 15 is 0 Å². The molecule has 21 rings (SSSR count). The lowest BCUT2D eigenvalue weighted by Gasteiger charge is -2.13. The summed E-state index contributed by atoms with van der Waals surface area (Å²) >= 11 is 0. The van der Waals surface area contributed by atoms with Gasteiger partial charge in [-0.1, -0.05) is 340 Å². The summed E-state index contributed by atoms with van der Waals surface area (Å²) in [7, 11) is 0. The SMILES string of the molecule is c1ccc(-c2cc(-c3ccc(-c4nc5cccc(-c6cccc7ccccc67)c5c5oc6ccccc6c45)cc3)nc(-c3ccccc3)n2)cc1.c1ccc(-c2ccc(-c3cc(-c4ccccc4)nc(-c4ccc(-c5nc6cccc(-c7cccc8ccccc78)c6c6oc7ccccc7c56)cc4)n3)cc2)cc1. The molecule has 0 aliphatic carbocycles. The first kappa shape index (κ1) is 63.1. The standard InChI is InChI=1S/C53H33N3O.C47H29N3O/c1-3-13-34(14-4-1)35-25-27-38(28-26-35)47-33-46(37-16-5-2-6-17-37)55-53(56-47)40-31-29-39(30-32-40)51-50-44-20-9-10-24-48(44)57-52(50)49-43(22-12-23-45(49)54-51)42-21-11-18-36-15-7-8-19-41(36)42;1-3-14-31(15-4-1)40-29-41(50-47(49-40)34-16-5-2-6-17-34)32-25-27-33(28-26-32)45-44-38-20-9-10-24-42(38)51-46(44)43-37(22-12-23-39(43)48-45)36-21-11-18-30-13-7-8-19-35(30)36/h1-33H;1-29H. The maximum atomic E-state index is 6.78. The fraction of sp³-hybridized carbons (Fsp3) is 0. The number of hydrogen-bond acceptors (Lipinski definition) is 8. The van der Waals surface area contributed by atoms with Gasteiger partial charge in [-0.25, -0.2) is 29.9 Å². The highest BCUT2D eigenvalue weighted by Gasteiger charge is 2.25. The Morgan fingerprint density at radius 2 is 0.472 bits per heavy atom. The molecule has 0 saturated carbocycles. The normalized spacial score (nSPS) is 11.5. The Bertz CT molecular complexity index is 6940. The van der Waals surface area contributed by atoms with Crippen molar-refractivity contribution in [2.45, 2.75) is 0 Å². The molecule has 15 aromatic carbocycles. The maximum Gasteiger partial charge on any atom is 0.160 e. The van der Waals surface area contributed by atoms with Crippen LogP contribution in [0.4, 0.5) is 0 Å². The Balaban J connectivity index is 0.000000143. The van der Waals surface area contributed by atoms with E-state index < -0.39 is 0 Å². The van der Waals surface area contributed by atoms with Crippen molar-refractivity contribution in [3.63, 3.8) is 0 Å². The first-order valence-electron chi connectivity index (χ1n) is 36.3. The summed E-state index contributed by atoms with van der Waals surface area (Å²) in [6.45, 7) is 0. The molecule has 6 aromatic heterocycles. The van der Waals surface area contributed by atoms with E-state index in [1.54, 1.807) is 0 Å². The van der Waals surface area contributed by atoms with Crippen LogP contribution in [-0.4, -0.2) is 29.9 Å². The monoisotopic (exact) mass is 1380 g/mol. The second kappa shape index (κ2) is 26.9. The van der Waals surface area contributed by atoms with Gasteiger partial charge in [0.2, 0.25) is 0 Å². The number of furan rings is 2. The molecule has 8 nitrogen and oxygen atoms in total. The van der Waals surface area contributed by atoms with Gasteiger partial charge in [0.25, 0.3) is 0 Å². The lowest BCUT2D eigenvalue weighted by molar-refractivity contribution is 0.672. The molecular formula is C100H62N6O2. The molecule has 0 fully saturated rings. The zero-order valence-electron chi connectivity index (χ0n) is 58.3. The van der Waals surface area contributed by atoms with Crippen molar-refractivity contribution in [2.24, 2.45) is 0 Å². The van der Waals surface area contributed by atoms with Gasteiger partial charge in [-0.2, -0.15) is 0 Å². The first-order chi connectivity index (χ1) is 53.5. The topological polar surface area (TPSA) is 104 Å². The Morgan fingerprint density at radius 3 is 0.898 bits per heavy atom. The predicted octanol–water partition coefficient (Wildman–Crippen LogP) is 26.5. The number of nitrogens with zero attached hydrogens (tertiary/aromatic N) is 6. The largest absolute Gasteiger partial charge is 0.455 e. The van der Waals surface area contributed by atoms with Crippen molar-refractivity contribution in [1.82, 2.24) is 29.9 Å². The molecule has 0 aliphatic rings. The lowest BCUT2D eigenvalue weighted by Crippen LogP contribution is -1.96. The molecule has 0 unspecified atom stereocenters. The summed E-state index contributed by atoms with van der Waals surface area (Å²) in [5, 5.41) is 10.9. The molecule has 0 aliphatic heterocycles. The Kier molecular flexibility index (Phi) is 15.7. The van der Waals surface area contributed by atoms with Crippen LogP contribution in [0.15, 0.2) is 385 Å². The molecule has 0 amide bonds. The first-order valence-corrected chi connectivity index (χ1v) is 36.3. The highest BCUT2D eigenvalue weighted by molar-refractivity contribution is 6.25. The molecule has 21 aromatic rings. The van der Waals surface area contributed by atoms with E-state index in [0.717, 1.165) is 167 Å². The van der Waals surface area contributed by atoms with Crippen molar-refractivity contribution >= 4 is 87.2 Å². The molecular weight excluding hydrogens is 1320 g/mol. The van der Waals surface area contributed by atoms with Crippen molar-refractivity contribution in [3.05, 3.63) is 376 Å². The Labute approximate surface area is 621 Å². The van der Waals surface area contributed by atoms with E-state index in [0.29, 0.717) is 11.6 Å². The molecule has 0 atom stereocenters. The molecule has 6 heterocycles. The van der Waals surface area contributed by atoms with E-state index in [1.807, 2.05) is 84.9 Å². The highest BCUT2D eigenvalue weighted by atomic mass is 16.3.